The molecule has 0 atom stereocenters. The van der Waals surface area contributed by atoms with Crippen molar-refractivity contribution in [3.63, 3.8) is 0 Å². The van der Waals surface area contributed by atoms with E-state index in [4.69, 9.17) is 14.2 Å². The lowest BCUT2D eigenvalue weighted by molar-refractivity contribution is -0.158. The van der Waals surface area contributed by atoms with Gasteiger partial charge in [0.15, 0.2) is 0 Å². The molecule has 0 spiro atoms. The summed E-state index contributed by atoms with van der Waals surface area (Å²) in [5.41, 5.74) is 0.676. The highest BCUT2D eigenvalue weighted by Crippen LogP contribution is 2.23. The third-order valence-corrected chi connectivity index (χ3v) is 6.64. The Labute approximate surface area is 260 Å². The number of ether oxygens (including phenoxy) is 3. The molecule has 10 heteroatoms. The van der Waals surface area contributed by atoms with Crippen LogP contribution in [0.5, 0.6) is 5.75 Å². The molecule has 0 unspecified atom stereocenters. The minimum absolute atomic E-state index is 0.00852. The van der Waals surface area contributed by atoms with Gasteiger partial charge in [-0.15, -0.1) is 0 Å². The van der Waals surface area contributed by atoms with E-state index in [9.17, 15) is 24.0 Å². The van der Waals surface area contributed by atoms with E-state index in [-0.39, 0.29) is 36.6 Å². The molecule has 0 aromatic heterocycles. The molecule has 45 heavy (non-hydrogen) atoms. The predicted molar refractivity (Wildman–Crippen MR) is 165 cm³/mol. The fourth-order valence-electron chi connectivity index (χ4n) is 3.91. The van der Waals surface area contributed by atoms with Gasteiger partial charge in [0.25, 0.3) is 5.91 Å². The number of benzene rings is 4. The van der Waals surface area contributed by atoms with Crippen LogP contribution in [0.4, 0.5) is 5.69 Å². The number of nitrogens with one attached hydrogen (secondary N) is 2. The summed E-state index contributed by atoms with van der Waals surface area (Å²) in [6.45, 7) is 2.67. The van der Waals surface area contributed by atoms with Gasteiger partial charge in [0.1, 0.15) is 30.9 Å². The van der Waals surface area contributed by atoms with E-state index in [2.05, 4.69) is 10.6 Å². The molecule has 0 fully saturated rings. The number of rotatable bonds is 12. The fourth-order valence-corrected chi connectivity index (χ4v) is 3.91. The Morgan fingerprint density at radius 3 is 1.84 bits per heavy atom. The Bertz CT molecular complexity index is 1650. The Hall–Kier alpha value is -5.77. The summed E-state index contributed by atoms with van der Waals surface area (Å²) in [6.07, 6.45) is 0. The maximum absolute atomic E-state index is 12.9. The average molecular weight is 609 g/mol. The van der Waals surface area contributed by atoms with Gasteiger partial charge < -0.3 is 24.8 Å². The average Bonchev–Trinajstić information content (AvgIpc) is 3.06. The number of hydrogen-bond donors (Lipinski definition) is 2. The zero-order valence-corrected chi connectivity index (χ0v) is 24.8. The molecular formula is C35H32N2O8. The van der Waals surface area contributed by atoms with Crippen LogP contribution in [-0.4, -0.2) is 36.3 Å². The molecule has 0 saturated carbocycles. The van der Waals surface area contributed by atoms with Crippen LogP contribution in [0.15, 0.2) is 109 Å². The van der Waals surface area contributed by atoms with Crippen LogP contribution in [-0.2, 0) is 37.1 Å². The first-order chi connectivity index (χ1) is 21.6. The van der Waals surface area contributed by atoms with Gasteiger partial charge in [-0.25, -0.2) is 4.79 Å². The Kier molecular flexibility index (Phi) is 10.8. The van der Waals surface area contributed by atoms with Crippen molar-refractivity contribution in [2.45, 2.75) is 27.1 Å². The maximum atomic E-state index is 12.9. The summed E-state index contributed by atoms with van der Waals surface area (Å²) in [6, 6.07) is 30.2. The van der Waals surface area contributed by atoms with Gasteiger partial charge in [-0.2, -0.15) is 0 Å². The van der Waals surface area contributed by atoms with Crippen molar-refractivity contribution in [2.24, 2.45) is 5.41 Å². The molecule has 0 heterocycles. The minimum Gasteiger partial charge on any atom is -0.460 e. The first-order valence-electron chi connectivity index (χ1n) is 14.0. The van der Waals surface area contributed by atoms with Crippen molar-refractivity contribution >= 4 is 35.4 Å². The normalized spacial score (nSPS) is 10.7. The van der Waals surface area contributed by atoms with E-state index in [1.165, 1.54) is 50.2 Å². The number of anilines is 1. The fraction of sp³-hybridized carbons (Fsp3) is 0.171. The molecule has 230 valence electrons. The first-order valence-corrected chi connectivity index (χ1v) is 14.0. The van der Waals surface area contributed by atoms with Gasteiger partial charge in [0.05, 0.1) is 11.1 Å². The van der Waals surface area contributed by atoms with E-state index in [0.29, 0.717) is 5.69 Å². The van der Waals surface area contributed by atoms with Crippen LogP contribution in [0, 0.1) is 5.41 Å². The van der Waals surface area contributed by atoms with Crippen molar-refractivity contribution < 1.29 is 38.2 Å². The lowest BCUT2D eigenvalue weighted by Crippen LogP contribution is -2.39. The van der Waals surface area contributed by atoms with Crippen LogP contribution in [0.2, 0.25) is 0 Å². The third-order valence-electron chi connectivity index (χ3n) is 6.64. The molecule has 2 amide bonds. The number of hydrogen-bond acceptors (Lipinski definition) is 8. The number of esters is 3. The van der Waals surface area contributed by atoms with Crippen molar-refractivity contribution in [2.75, 3.05) is 11.9 Å². The Balaban J connectivity index is 1.29. The molecule has 4 aromatic carbocycles. The number of carbonyl (C=O) groups excluding carboxylic acids is 5. The minimum atomic E-state index is -1.48. The van der Waals surface area contributed by atoms with Gasteiger partial charge in [0, 0.05) is 5.69 Å². The number of amides is 2. The highest BCUT2D eigenvalue weighted by Gasteiger charge is 2.38. The summed E-state index contributed by atoms with van der Waals surface area (Å²) < 4.78 is 16.0. The second-order valence-corrected chi connectivity index (χ2v) is 10.4. The molecule has 0 aliphatic rings. The third kappa shape index (κ3) is 9.11. The van der Waals surface area contributed by atoms with E-state index in [1.54, 1.807) is 12.1 Å². The number of para-hydroxylation sites is 1. The SMILES string of the molecule is CC(C)(C(=O)Nc1ccc(C(=O)Oc2ccccc2C(=O)NCC(=O)OCc2ccccc2)cc1)C(=O)OCc1ccccc1. The maximum Gasteiger partial charge on any atom is 0.343 e. The molecule has 10 nitrogen and oxygen atoms in total. The van der Waals surface area contributed by atoms with E-state index < -0.39 is 35.1 Å². The summed E-state index contributed by atoms with van der Waals surface area (Å²) in [5.74, 6) is -3.28. The van der Waals surface area contributed by atoms with Gasteiger partial charge >= 0.3 is 17.9 Å². The first kappa shape index (κ1) is 32.2. The summed E-state index contributed by atoms with van der Waals surface area (Å²) in [4.78, 5) is 63.2. The van der Waals surface area contributed by atoms with E-state index in [1.807, 2.05) is 60.7 Å². The quantitative estimate of drug-likeness (QED) is 0.129. The second-order valence-electron chi connectivity index (χ2n) is 10.4. The van der Waals surface area contributed by atoms with Crippen LogP contribution >= 0.6 is 0 Å². The molecule has 4 rings (SSSR count). The Morgan fingerprint density at radius 1 is 0.667 bits per heavy atom. The highest BCUT2D eigenvalue weighted by molar-refractivity contribution is 6.08. The zero-order valence-electron chi connectivity index (χ0n) is 24.8. The zero-order chi connectivity index (χ0) is 32.2. The van der Waals surface area contributed by atoms with Gasteiger partial charge in [-0.3, -0.25) is 19.2 Å². The summed E-state index contributed by atoms with van der Waals surface area (Å²) in [7, 11) is 0. The van der Waals surface area contributed by atoms with Gasteiger partial charge in [0.2, 0.25) is 5.91 Å². The van der Waals surface area contributed by atoms with Crippen LogP contribution in [0.1, 0.15) is 45.7 Å². The van der Waals surface area contributed by atoms with Gasteiger partial charge in [-0.1, -0.05) is 72.8 Å². The molecule has 0 radical (unpaired) electrons. The van der Waals surface area contributed by atoms with Crippen molar-refractivity contribution in [3.8, 4) is 5.75 Å². The van der Waals surface area contributed by atoms with Gasteiger partial charge in [-0.05, 0) is 61.4 Å². The van der Waals surface area contributed by atoms with E-state index in [0.717, 1.165) is 11.1 Å². The van der Waals surface area contributed by atoms with Crippen LogP contribution in [0.3, 0.4) is 0 Å². The molecule has 0 saturated heterocycles. The lowest BCUT2D eigenvalue weighted by Gasteiger charge is -2.22. The molecule has 0 aliphatic carbocycles. The lowest BCUT2D eigenvalue weighted by atomic mass is 9.92. The highest BCUT2D eigenvalue weighted by atomic mass is 16.5. The van der Waals surface area contributed by atoms with Crippen molar-refractivity contribution in [1.82, 2.24) is 5.32 Å². The van der Waals surface area contributed by atoms with E-state index >= 15 is 0 Å². The topological polar surface area (TPSA) is 137 Å². The van der Waals surface area contributed by atoms with Crippen LogP contribution < -0.4 is 15.4 Å². The Morgan fingerprint density at radius 2 is 1.22 bits per heavy atom. The summed E-state index contributed by atoms with van der Waals surface area (Å²) >= 11 is 0. The standard InChI is InChI=1S/C35H32N2O8/c1-35(2,34(42)44-23-25-13-7-4-8-14-25)33(41)37-27-19-17-26(18-20-27)32(40)45-29-16-10-9-15-28(29)31(39)36-21-30(38)43-22-24-11-5-3-6-12-24/h3-20H,21-23H2,1-2H3,(H,36,39)(H,37,41). The molecule has 4 aromatic rings. The monoisotopic (exact) mass is 608 g/mol. The predicted octanol–water partition coefficient (Wildman–Crippen LogP) is 5.09. The largest absolute Gasteiger partial charge is 0.460 e. The summed E-state index contributed by atoms with van der Waals surface area (Å²) in [5, 5.41) is 5.13. The molecule has 2 N–H and O–H groups in total. The smallest absolute Gasteiger partial charge is 0.343 e. The van der Waals surface area contributed by atoms with Crippen molar-refractivity contribution in [1.29, 1.82) is 0 Å². The van der Waals surface area contributed by atoms with Crippen molar-refractivity contribution in [3.05, 3.63) is 131 Å². The molecule has 0 bridgehead atoms. The second kappa shape index (κ2) is 15.1. The number of carbonyl (C=O) groups is 5. The van der Waals surface area contributed by atoms with Crippen LogP contribution in [0.25, 0.3) is 0 Å². The molecular weight excluding hydrogens is 576 g/mol. The molecule has 0 aliphatic heterocycles.